The SMILES string of the molecule is Nc1cc(Cl)ccc1C(=O)OCC(=O)Nc1cccc([N+](=O)[O-])c1. The molecule has 0 aliphatic rings. The van der Waals surface area contributed by atoms with Crippen LogP contribution in [0.5, 0.6) is 0 Å². The molecule has 0 fully saturated rings. The number of nitrogens with zero attached hydrogens (tertiary/aromatic N) is 1. The molecule has 0 aliphatic carbocycles. The molecule has 0 aromatic heterocycles. The highest BCUT2D eigenvalue weighted by Gasteiger charge is 2.14. The average Bonchev–Trinajstić information content (AvgIpc) is 2.53. The van der Waals surface area contributed by atoms with Crippen molar-refractivity contribution >= 4 is 40.5 Å². The zero-order valence-electron chi connectivity index (χ0n) is 12.2. The highest BCUT2D eigenvalue weighted by Crippen LogP contribution is 2.19. The van der Waals surface area contributed by atoms with Crippen LogP contribution in [-0.4, -0.2) is 23.4 Å². The fourth-order valence-corrected chi connectivity index (χ4v) is 2.00. The van der Waals surface area contributed by atoms with Gasteiger partial charge in [-0.05, 0) is 24.3 Å². The summed E-state index contributed by atoms with van der Waals surface area (Å²) in [6, 6.07) is 9.63. The number of carbonyl (C=O) groups excluding carboxylic acids is 2. The Morgan fingerprint density at radius 1 is 1.25 bits per heavy atom. The number of carbonyl (C=O) groups is 2. The summed E-state index contributed by atoms with van der Waals surface area (Å²) < 4.78 is 4.85. The number of ether oxygens (including phenoxy) is 1. The van der Waals surface area contributed by atoms with Crippen LogP contribution in [0.1, 0.15) is 10.4 Å². The first-order valence-electron chi connectivity index (χ1n) is 6.63. The summed E-state index contributed by atoms with van der Waals surface area (Å²) in [7, 11) is 0. The fraction of sp³-hybridized carbons (Fsp3) is 0.0667. The molecule has 9 heteroatoms. The highest BCUT2D eigenvalue weighted by molar-refractivity contribution is 6.31. The zero-order valence-corrected chi connectivity index (χ0v) is 12.9. The quantitative estimate of drug-likeness (QED) is 0.370. The molecule has 2 rings (SSSR count). The minimum Gasteiger partial charge on any atom is -0.452 e. The van der Waals surface area contributed by atoms with E-state index in [1.165, 1.54) is 42.5 Å². The van der Waals surface area contributed by atoms with Crippen LogP contribution in [0.15, 0.2) is 42.5 Å². The van der Waals surface area contributed by atoms with E-state index in [0.29, 0.717) is 5.02 Å². The Morgan fingerprint density at radius 2 is 2.00 bits per heavy atom. The van der Waals surface area contributed by atoms with E-state index in [2.05, 4.69) is 5.32 Å². The van der Waals surface area contributed by atoms with Crippen molar-refractivity contribution < 1.29 is 19.2 Å². The minimum atomic E-state index is -0.779. The second-order valence-electron chi connectivity index (χ2n) is 4.66. The van der Waals surface area contributed by atoms with Gasteiger partial charge in [0.25, 0.3) is 11.6 Å². The van der Waals surface area contributed by atoms with Gasteiger partial charge in [-0.2, -0.15) is 0 Å². The van der Waals surface area contributed by atoms with Crippen molar-refractivity contribution in [3.8, 4) is 0 Å². The van der Waals surface area contributed by atoms with E-state index in [9.17, 15) is 19.7 Å². The number of nitrogens with two attached hydrogens (primary N) is 1. The molecule has 3 N–H and O–H groups in total. The number of halogens is 1. The van der Waals surface area contributed by atoms with Gasteiger partial charge in [0.05, 0.1) is 10.5 Å². The third-order valence-corrected chi connectivity index (χ3v) is 3.14. The number of anilines is 2. The van der Waals surface area contributed by atoms with Gasteiger partial charge in [-0.15, -0.1) is 0 Å². The van der Waals surface area contributed by atoms with Crippen LogP contribution in [0.3, 0.4) is 0 Å². The Morgan fingerprint density at radius 3 is 2.67 bits per heavy atom. The van der Waals surface area contributed by atoms with E-state index in [1.54, 1.807) is 0 Å². The van der Waals surface area contributed by atoms with E-state index in [0.717, 1.165) is 0 Å². The van der Waals surface area contributed by atoms with Crippen molar-refractivity contribution in [2.24, 2.45) is 0 Å². The fourth-order valence-electron chi connectivity index (χ4n) is 1.82. The van der Waals surface area contributed by atoms with Crippen molar-refractivity contribution in [2.75, 3.05) is 17.7 Å². The number of hydrogen-bond donors (Lipinski definition) is 2. The molecule has 24 heavy (non-hydrogen) atoms. The second-order valence-corrected chi connectivity index (χ2v) is 5.10. The minimum absolute atomic E-state index is 0.0857. The standard InChI is InChI=1S/C15H12ClN3O5/c16-9-4-5-12(13(17)6-9)15(21)24-8-14(20)18-10-2-1-3-11(7-10)19(22)23/h1-7H,8,17H2,(H,18,20). The Kier molecular flexibility index (Phi) is 5.33. The molecule has 0 saturated heterocycles. The van der Waals surface area contributed by atoms with Crippen molar-refractivity contribution in [2.45, 2.75) is 0 Å². The van der Waals surface area contributed by atoms with E-state index < -0.39 is 23.4 Å². The molecule has 0 unspecified atom stereocenters. The number of hydrogen-bond acceptors (Lipinski definition) is 6. The molecule has 1 amide bonds. The van der Waals surface area contributed by atoms with Crippen molar-refractivity contribution in [1.29, 1.82) is 0 Å². The van der Waals surface area contributed by atoms with Gasteiger partial charge in [-0.1, -0.05) is 17.7 Å². The van der Waals surface area contributed by atoms with Crippen LogP contribution in [0.4, 0.5) is 17.1 Å². The number of amides is 1. The lowest BCUT2D eigenvalue weighted by Crippen LogP contribution is -2.21. The van der Waals surface area contributed by atoms with E-state index in [4.69, 9.17) is 22.1 Å². The monoisotopic (exact) mass is 349 g/mol. The third kappa shape index (κ3) is 4.43. The number of non-ortho nitro benzene ring substituents is 1. The normalized spacial score (nSPS) is 10.0. The summed E-state index contributed by atoms with van der Waals surface area (Å²) in [5.41, 5.74) is 5.92. The van der Waals surface area contributed by atoms with E-state index in [-0.39, 0.29) is 22.6 Å². The predicted molar refractivity (Wildman–Crippen MR) is 87.9 cm³/mol. The van der Waals surface area contributed by atoms with Crippen molar-refractivity contribution in [3.63, 3.8) is 0 Å². The highest BCUT2D eigenvalue weighted by atomic mass is 35.5. The molecule has 2 aromatic rings. The summed E-state index contributed by atoms with van der Waals surface area (Å²) in [6.07, 6.45) is 0. The average molecular weight is 350 g/mol. The molecule has 0 saturated carbocycles. The number of rotatable bonds is 5. The number of benzene rings is 2. The number of nitro benzene ring substituents is 1. The third-order valence-electron chi connectivity index (χ3n) is 2.91. The molecule has 8 nitrogen and oxygen atoms in total. The van der Waals surface area contributed by atoms with Gasteiger partial charge in [-0.3, -0.25) is 14.9 Å². The van der Waals surface area contributed by atoms with Gasteiger partial charge >= 0.3 is 5.97 Å². The number of nitro groups is 1. The van der Waals surface area contributed by atoms with Crippen molar-refractivity contribution in [3.05, 3.63) is 63.2 Å². The second kappa shape index (κ2) is 7.42. The molecular formula is C15H12ClN3O5. The lowest BCUT2D eigenvalue weighted by molar-refractivity contribution is -0.384. The molecule has 0 spiro atoms. The van der Waals surface area contributed by atoms with Gasteiger partial charge in [0.15, 0.2) is 6.61 Å². The Bertz CT molecular complexity index is 809. The lowest BCUT2D eigenvalue weighted by atomic mass is 10.2. The first kappa shape index (κ1) is 17.2. The summed E-state index contributed by atoms with van der Waals surface area (Å²) in [5, 5.41) is 13.4. The maximum absolute atomic E-state index is 11.9. The molecule has 2 aromatic carbocycles. The molecular weight excluding hydrogens is 338 g/mol. The first-order chi connectivity index (χ1) is 11.4. The van der Waals surface area contributed by atoms with Crippen LogP contribution in [0.25, 0.3) is 0 Å². The lowest BCUT2D eigenvalue weighted by Gasteiger charge is -2.08. The van der Waals surface area contributed by atoms with Crippen LogP contribution < -0.4 is 11.1 Å². The van der Waals surface area contributed by atoms with Crippen LogP contribution in [0.2, 0.25) is 5.02 Å². The Hall–Kier alpha value is -3.13. The molecule has 0 radical (unpaired) electrons. The Labute approximate surface area is 141 Å². The smallest absolute Gasteiger partial charge is 0.340 e. The van der Waals surface area contributed by atoms with Crippen LogP contribution in [0, 0.1) is 10.1 Å². The maximum atomic E-state index is 11.9. The van der Waals surface area contributed by atoms with Gasteiger partial charge in [0.2, 0.25) is 0 Å². The largest absolute Gasteiger partial charge is 0.452 e. The van der Waals surface area contributed by atoms with E-state index >= 15 is 0 Å². The first-order valence-corrected chi connectivity index (χ1v) is 7.01. The van der Waals surface area contributed by atoms with Crippen LogP contribution in [-0.2, 0) is 9.53 Å². The van der Waals surface area contributed by atoms with Gasteiger partial charge in [0, 0.05) is 28.5 Å². The Balaban J connectivity index is 1.94. The summed E-state index contributed by atoms with van der Waals surface area (Å²) in [5.74, 6) is -1.42. The maximum Gasteiger partial charge on any atom is 0.340 e. The number of esters is 1. The number of nitrogens with one attached hydrogen (secondary N) is 1. The zero-order chi connectivity index (χ0) is 17.7. The topological polar surface area (TPSA) is 125 Å². The van der Waals surface area contributed by atoms with Crippen LogP contribution >= 0.6 is 11.6 Å². The summed E-state index contributed by atoms with van der Waals surface area (Å²) >= 11 is 5.73. The van der Waals surface area contributed by atoms with Gasteiger partial charge < -0.3 is 15.8 Å². The molecule has 0 bridgehead atoms. The summed E-state index contributed by atoms with van der Waals surface area (Å²) in [4.78, 5) is 33.7. The predicted octanol–water partition coefficient (Wildman–Crippen LogP) is 2.63. The van der Waals surface area contributed by atoms with Gasteiger partial charge in [0.1, 0.15) is 0 Å². The van der Waals surface area contributed by atoms with E-state index in [1.807, 2.05) is 0 Å². The molecule has 0 heterocycles. The van der Waals surface area contributed by atoms with Crippen molar-refractivity contribution in [1.82, 2.24) is 0 Å². The number of nitrogen functional groups attached to an aromatic ring is 1. The molecule has 124 valence electrons. The molecule has 0 atom stereocenters. The molecule has 0 aliphatic heterocycles. The van der Waals surface area contributed by atoms with Gasteiger partial charge in [-0.25, -0.2) is 4.79 Å². The summed E-state index contributed by atoms with van der Waals surface area (Å²) in [6.45, 7) is -0.566.